The van der Waals surface area contributed by atoms with E-state index in [0.29, 0.717) is 5.39 Å². The molecule has 2 aromatic carbocycles. The quantitative estimate of drug-likeness (QED) is 0.772. The Bertz CT molecular complexity index is 978. The maximum Gasteiger partial charge on any atom is 0.208 e. The Balaban J connectivity index is 2.01. The third-order valence-electron chi connectivity index (χ3n) is 3.95. The maximum absolute atomic E-state index is 13.4. The first kappa shape index (κ1) is 16.7. The molecule has 0 aliphatic heterocycles. The van der Waals surface area contributed by atoms with Gasteiger partial charge in [-0.05, 0) is 50.3 Å². The average Bonchev–Trinajstić information content (AvgIpc) is 2.96. The second-order valence-corrected chi connectivity index (χ2v) is 7.97. The van der Waals surface area contributed by atoms with Crippen LogP contribution in [0.25, 0.3) is 10.9 Å². The van der Waals surface area contributed by atoms with E-state index in [0.717, 1.165) is 30.1 Å². The SMILES string of the molecule is CN(C)CCc1ccc2c(S(=O)(=O)c3cccc(F)c3)c[nH]c2c1. The van der Waals surface area contributed by atoms with Gasteiger partial charge >= 0.3 is 0 Å². The van der Waals surface area contributed by atoms with Crippen molar-refractivity contribution in [3.05, 3.63) is 60.0 Å². The highest BCUT2D eigenvalue weighted by Gasteiger charge is 2.22. The van der Waals surface area contributed by atoms with Crippen molar-refractivity contribution in [3.8, 4) is 0 Å². The van der Waals surface area contributed by atoms with Gasteiger partial charge in [0.2, 0.25) is 9.84 Å². The van der Waals surface area contributed by atoms with Crippen LogP contribution >= 0.6 is 0 Å². The molecule has 126 valence electrons. The molecule has 6 heteroatoms. The first-order chi connectivity index (χ1) is 11.4. The number of hydrogen-bond donors (Lipinski definition) is 1. The molecule has 1 heterocycles. The number of likely N-dealkylation sites (N-methyl/N-ethyl adjacent to an activating group) is 1. The van der Waals surface area contributed by atoms with Crippen molar-refractivity contribution < 1.29 is 12.8 Å². The highest BCUT2D eigenvalue weighted by Crippen LogP contribution is 2.29. The van der Waals surface area contributed by atoms with Crippen molar-refractivity contribution in [1.82, 2.24) is 9.88 Å². The van der Waals surface area contributed by atoms with Crippen LogP contribution in [0.5, 0.6) is 0 Å². The summed E-state index contributed by atoms with van der Waals surface area (Å²) in [5.41, 5.74) is 1.90. The minimum Gasteiger partial charge on any atom is -0.360 e. The lowest BCUT2D eigenvalue weighted by molar-refractivity contribution is 0.414. The molecule has 0 atom stereocenters. The van der Waals surface area contributed by atoms with Crippen molar-refractivity contribution in [2.24, 2.45) is 0 Å². The molecule has 1 aromatic heterocycles. The van der Waals surface area contributed by atoms with Crippen LogP contribution in [0.4, 0.5) is 4.39 Å². The lowest BCUT2D eigenvalue weighted by Gasteiger charge is -2.09. The van der Waals surface area contributed by atoms with Gasteiger partial charge in [0.25, 0.3) is 0 Å². The van der Waals surface area contributed by atoms with Crippen LogP contribution in [0.1, 0.15) is 5.56 Å². The lowest BCUT2D eigenvalue weighted by Crippen LogP contribution is -2.14. The fraction of sp³-hybridized carbons (Fsp3) is 0.222. The molecule has 24 heavy (non-hydrogen) atoms. The number of aromatic amines is 1. The Morgan fingerprint density at radius 1 is 1.12 bits per heavy atom. The van der Waals surface area contributed by atoms with Crippen molar-refractivity contribution >= 4 is 20.7 Å². The van der Waals surface area contributed by atoms with Crippen LogP contribution < -0.4 is 0 Å². The van der Waals surface area contributed by atoms with Gasteiger partial charge in [0.05, 0.1) is 9.79 Å². The molecular weight excluding hydrogens is 327 g/mol. The zero-order valence-corrected chi connectivity index (χ0v) is 14.4. The third kappa shape index (κ3) is 3.20. The summed E-state index contributed by atoms with van der Waals surface area (Å²) in [5.74, 6) is -0.568. The molecule has 0 radical (unpaired) electrons. The molecule has 0 saturated heterocycles. The summed E-state index contributed by atoms with van der Waals surface area (Å²) < 4.78 is 38.9. The van der Waals surface area contributed by atoms with Gasteiger partial charge in [0.1, 0.15) is 5.82 Å². The predicted octanol–water partition coefficient (Wildman–Crippen LogP) is 3.24. The lowest BCUT2D eigenvalue weighted by atomic mass is 10.1. The van der Waals surface area contributed by atoms with Crippen LogP contribution in [0.3, 0.4) is 0 Å². The molecular formula is C18H19FN2O2S. The van der Waals surface area contributed by atoms with Gasteiger partial charge in [-0.25, -0.2) is 12.8 Å². The molecule has 0 unspecified atom stereocenters. The number of H-pyrrole nitrogens is 1. The average molecular weight is 346 g/mol. The third-order valence-corrected chi connectivity index (χ3v) is 5.74. The number of nitrogens with zero attached hydrogens (tertiary/aromatic N) is 1. The van der Waals surface area contributed by atoms with E-state index in [2.05, 4.69) is 9.88 Å². The number of nitrogens with one attached hydrogen (secondary N) is 1. The summed E-state index contributed by atoms with van der Waals surface area (Å²) in [5, 5.41) is 0.618. The van der Waals surface area contributed by atoms with Crippen molar-refractivity contribution in [2.45, 2.75) is 16.2 Å². The smallest absolute Gasteiger partial charge is 0.208 e. The molecule has 3 aromatic rings. The molecule has 0 bridgehead atoms. The Morgan fingerprint density at radius 2 is 1.92 bits per heavy atom. The largest absolute Gasteiger partial charge is 0.360 e. The minimum absolute atomic E-state index is 0.0416. The van der Waals surface area contributed by atoms with Crippen LogP contribution in [-0.2, 0) is 16.3 Å². The van der Waals surface area contributed by atoms with Gasteiger partial charge in [-0.3, -0.25) is 0 Å². The van der Waals surface area contributed by atoms with E-state index >= 15 is 0 Å². The molecule has 0 aliphatic carbocycles. The zero-order chi connectivity index (χ0) is 17.3. The number of fused-ring (bicyclic) bond motifs is 1. The fourth-order valence-corrected chi connectivity index (χ4v) is 4.10. The number of aromatic nitrogens is 1. The van der Waals surface area contributed by atoms with E-state index < -0.39 is 15.7 Å². The molecule has 0 aliphatic rings. The van der Waals surface area contributed by atoms with Gasteiger partial charge in [0.15, 0.2) is 0 Å². The second-order valence-electron chi connectivity index (χ2n) is 6.05. The van der Waals surface area contributed by atoms with E-state index in [1.165, 1.54) is 24.4 Å². The van der Waals surface area contributed by atoms with Gasteiger partial charge < -0.3 is 9.88 Å². The summed E-state index contributed by atoms with van der Waals surface area (Å²) in [6, 6.07) is 10.8. The molecule has 0 spiro atoms. The Morgan fingerprint density at radius 3 is 2.62 bits per heavy atom. The summed E-state index contributed by atoms with van der Waals surface area (Å²) in [7, 11) is 0.259. The summed E-state index contributed by atoms with van der Waals surface area (Å²) in [6.07, 6.45) is 2.36. The molecule has 0 amide bonds. The number of benzene rings is 2. The monoisotopic (exact) mass is 346 g/mol. The molecule has 0 fully saturated rings. The number of sulfone groups is 1. The Labute approximate surface area is 140 Å². The van der Waals surface area contributed by atoms with Gasteiger partial charge in [-0.15, -0.1) is 0 Å². The number of rotatable bonds is 5. The van der Waals surface area contributed by atoms with E-state index in [1.807, 2.05) is 32.3 Å². The highest BCUT2D eigenvalue weighted by molar-refractivity contribution is 7.91. The van der Waals surface area contributed by atoms with Crippen LogP contribution in [-0.4, -0.2) is 38.9 Å². The number of hydrogen-bond acceptors (Lipinski definition) is 3. The van der Waals surface area contributed by atoms with Crippen LogP contribution in [0.2, 0.25) is 0 Å². The van der Waals surface area contributed by atoms with Crippen LogP contribution in [0.15, 0.2) is 58.5 Å². The molecule has 1 N–H and O–H groups in total. The normalized spacial score (nSPS) is 12.2. The zero-order valence-electron chi connectivity index (χ0n) is 13.6. The summed E-state index contributed by atoms with van der Waals surface area (Å²) >= 11 is 0. The summed E-state index contributed by atoms with van der Waals surface area (Å²) in [4.78, 5) is 5.24. The Kier molecular flexibility index (Phi) is 4.43. The minimum atomic E-state index is -3.76. The van der Waals surface area contributed by atoms with E-state index in [1.54, 1.807) is 0 Å². The topological polar surface area (TPSA) is 53.2 Å². The van der Waals surface area contributed by atoms with Crippen molar-refractivity contribution in [3.63, 3.8) is 0 Å². The van der Waals surface area contributed by atoms with Gasteiger partial charge in [0, 0.05) is 23.6 Å². The fourth-order valence-electron chi connectivity index (χ4n) is 2.64. The first-order valence-corrected chi connectivity index (χ1v) is 9.11. The highest BCUT2D eigenvalue weighted by atomic mass is 32.2. The van der Waals surface area contributed by atoms with E-state index in [4.69, 9.17) is 0 Å². The summed E-state index contributed by atoms with van der Waals surface area (Å²) in [6.45, 7) is 0.917. The van der Waals surface area contributed by atoms with Gasteiger partial charge in [-0.1, -0.05) is 18.2 Å². The first-order valence-electron chi connectivity index (χ1n) is 7.63. The maximum atomic E-state index is 13.4. The standard InChI is InChI=1S/C18H19FN2O2S/c1-21(2)9-8-13-6-7-16-17(10-13)20-12-18(16)24(22,23)15-5-3-4-14(19)11-15/h3-7,10-12,20H,8-9H2,1-2H3. The predicted molar refractivity (Wildman–Crippen MR) is 92.4 cm³/mol. The van der Waals surface area contributed by atoms with Crippen molar-refractivity contribution in [1.29, 1.82) is 0 Å². The number of halogens is 1. The molecule has 3 rings (SSSR count). The van der Waals surface area contributed by atoms with Crippen molar-refractivity contribution in [2.75, 3.05) is 20.6 Å². The Hall–Kier alpha value is -2.18. The molecule has 4 nitrogen and oxygen atoms in total. The second kappa shape index (κ2) is 6.37. The van der Waals surface area contributed by atoms with E-state index in [9.17, 15) is 12.8 Å². The van der Waals surface area contributed by atoms with E-state index in [-0.39, 0.29) is 9.79 Å². The van der Waals surface area contributed by atoms with Gasteiger partial charge in [-0.2, -0.15) is 0 Å². The van der Waals surface area contributed by atoms with Crippen LogP contribution in [0, 0.1) is 5.82 Å². The molecule has 0 saturated carbocycles.